The van der Waals surface area contributed by atoms with Gasteiger partial charge >= 0.3 is 6.16 Å². The predicted molar refractivity (Wildman–Crippen MR) is 103 cm³/mol. The number of hydrogen-bond donors (Lipinski definition) is 2. The molecule has 8 nitrogen and oxygen atoms in total. The molecule has 1 aliphatic heterocycles. The Balaban J connectivity index is 1.74. The van der Waals surface area contributed by atoms with Crippen molar-refractivity contribution < 1.29 is 27.8 Å². The summed E-state index contributed by atoms with van der Waals surface area (Å²) in [5, 5.41) is 8.59. The lowest BCUT2D eigenvalue weighted by molar-refractivity contribution is 0.144. The Hall–Kier alpha value is -3.60. The van der Waals surface area contributed by atoms with Gasteiger partial charge in [0.2, 0.25) is 5.43 Å². The molecule has 3 aromatic rings. The molecule has 0 unspecified atom stereocenters. The van der Waals surface area contributed by atoms with E-state index < -0.39 is 34.8 Å². The molecule has 0 spiro atoms. The van der Waals surface area contributed by atoms with Gasteiger partial charge in [-0.1, -0.05) is 0 Å². The first-order chi connectivity index (χ1) is 14.7. The van der Waals surface area contributed by atoms with Crippen LogP contribution in [0, 0.1) is 29.3 Å². The lowest BCUT2D eigenvalue weighted by Gasteiger charge is -2.22. The van der Waals surface area contributed by atoms with Crippen LogP contribution in [0.2, 0.25) is 0 Å². The topological polar surface area (TPSA) is 111 Å². The maximum atomic E-state index is 14.9. The fraction of sp³-hybridized carbons (Fsp3) is 0.250. The molecule has 2 aromatic heterocycles. The normalized spacial score (nSPS) is 21.9. The lowest BCUT2D eigenvalue weighted by atomic mass is 10.2. The number of ether oxygens (including phenoxy) is 1. The van der Waals surface area contributed by atoms with E-state index in [9.17, 15) is 22.8 Å². The zero-order valence-electron chi connectivity index (χ0n) is 15.8. The first kappa shape index (κ1) is 19.4. The lowest BCUT2D eigenvalue weighted by Crippen LogP contribution is -2.30. The summed E-state index contributed by atoms with van der Waals surface area (Å²) in [6, 6.07) is 3.68. The van der Waals surface area contributed by atoms with E-state index in [-0.39, 0.29) is 40.4 Å². The summed E-state index contributed by atoms with van der Waals surface area (Å²) < 4.78 is 48.3. The molecule has 160 valence electrons. The van der Waals surface area contributed by atoms with Crippen LogP contribution in [0.15, 0.2) is 35.3 Å². The first-order valence-corrected chi connectivity index (χ1v) is 9.37. The molecule has 1 aromatic carbocycles. The highest BCUT2D eigenvalue weighted by atomic mass is 19.1. The SMILES string of the molecule is N[C@@H]1[C@H]2CN(c3nc4c(cc3F)c(=O)c(OC(=O)O)cn4-c3ccc(F)cc3F)C[C@@H]12. The van der Waals surface area contributed by atoms with Crippen molar-refractivity contribution in [2.75, 3.05) is 18.0 Å². The van der Waals surface area contributed by atoms with Gasteiger partial charge in [0, 0.05) is 25.2 Å². The number of aromatic nitrogens is 2. The van der Waals surface area contributed by atoms with Crippen LogP contribution in [0.4, 0.5) is 23.8 Å². The van der Waals surface area contributed by atoms with E-state index in [4.69, 9.17) is 10.8 Å². The number of rotatable bonds is 3. The second kappa shape index (κ2) is 6.71. The third-order valence-corrected chi connectivity index (χ3v) is 5.81. The Labute approximate surface area is 172 Å². The molecule has 31 heavy (non-hydrogen) atoms. The van der Waals surface area contributed by atoms with Gasteiger partial charge in [-0.15, -0.1) is 0 Å². The molecule has 3 atom stereocenters. The summed E-state index contributed by atoms with van der Waals surface area (Å²) >= 11 is 0. The van der Waals surface area contributed by atoms with Crippen molar-refractivity contribution in [3.8, 4) is 11.4 Å². The van der Waals surface area contributed by atoms with Gasteiger partial charge in [0.1, 0.15) is 11.6 Å². The van der Waals surface area contributed by atoms with Crippen LogP contribution < -0.4 is 20.8 Å². The van der Waals surface area contributed by atoms with Crippen molar-refractivity contribution in [1.29, 1.82) is 0 Å². The molecular formula is C20H15F3N4O4. The summed E-state index contributed by atoms with van der Waals surface area (Å²) in [5.41, 5.74) is 4.64. The fourth-order valence-corrected chi connectivity index (χ4v) is 4.18. The minimum Gasteiger partial charge on any atom is -0.449 e. The first-order valence-electron chi connectivity index (χ1n) is 9.37. The number of hydrogen-bond acceptors (Lipinski definition) is 6. The summed E-state index contributed by atoms with van der Waals surface area (Å²) in [5.74, 6) is -2.85. The minimum atomic E-state index is -1.78. The number of carbonyl (C=O) groups is 1. The highest BCUT2D eigenvalue weighted by Crippen LogP contribution is 2.45. The Morgan fingerprint density at radius 1 is 1.16 bits per heavy atom. The van der Waals surface area contributed by atoms with E-state index in [1.54, 1.807) is 4.90 Å². The van der Waals surface area contributed by atoms with E-state index in [0.29, 0.717) is 19.2 Å². The largest absolute Gasteiger partial charge is 0.511 e. The van der Waals surface area contributed by atoms with E-state index >= 15 is 0 Å². The minimum absolute atomic E-state index is 0.0329. The van der Waals surface area contributed by atoms with Crippen molar-refractivity contribution in [2.45, 2.75) is 6.04 Å². The van der Waals surface area contributed by atoms with Crippen LogP contribution >= 0.6 is 0 Å². The van der Waals surface area contributed by atoms with Crippen molar-refractivity contribution in [2.24, 2.45) is 17.6 Å². The van der Waals surface area contributed by atoms with Crippen LogP contribution in [-0.4, -0.2) is 39.9 Å². The van der Waals surface area contributed by atoms with Crippen LogP contribution in [0.5, 0.6) is 5.75 Å². The average molecular weight is 432 g/mol. The number of carboxylic acid groups (broad SMARTS) is 1. The van der Waals surface area contributed by atoms with E-state index in [0.717, 1.165) is 29.0 Å². The predicted octanol–water partition coefficient (Wildman–Crippen LogP) is 2.25. The number of nitrogens with zero attached hydrogens (tertiary/aromatic N) is 3. The monoisotopic (exact) mass is 432 g/mol. The smallest absolute Gasteiger partial charge is 0.449 e. The number of piperidine rings is 1. The van der Waals surface area contributed by atoms with E-state index in [1.165, 1.54) is 0 Å². The molecule has 1 saturated heterocycles. The number of halogens is 3. The Kier molecular flexibility index (Phi) is 4.19. The Morgan fingerprint density at radius 3 is 2.52 bits per heavy atom. The van der Waals surface area contributed by atoms with E-state index in [1.807, 2.05) is 0 Å². The quantitative estimate of drug-likeness (QED) is 0.611. The molecule has 3 N–H and O–H groups in total. The van der Waals surface area contributed by atoms with Crippen molar-refractivity contribution in [3.63, 3.8) is 0 Å². The second-order valence-corrected chi connectivity index (χ2v) is 7.63. The van der Waals surface area contributed by atoms with Gasteiger partial charge < -0.3 is 20.5 Å². The molecule has 3 heterocycles. The molecule has 2 fully saturated rings. The van der Waals surface area contributed by atoms with Crippen molar-refractivity contribution >= 4 is 23.0 Å². The fourth-order valence-electron chi connectivity index (χ4n) is 4.18. The average Bonchev–Trinajstić information content (AvgIpc) is 3.10. The highest BCUT2D eigenvalue weighted by molar-refractivity contribution is 5.81. The number of fused-ring (bicyclic) bond motifs is 2. The zero-order valence-corrected chi connectivity index (χ0v) is 15.8. The maximum Gasteiger partial charge on any atom is 0.511 e. The van der Waals surface area contributed by atoms with Crippen molar-refractivity contribution in [3.05, 3.63) is 58.1 Å². The molecule has 5 rings (SSSR count). The number of anilines is 1. The van der Waals surface area contributed by atoms with Gasteiger partial charge in [-0.05, 0) is 30.0 Å². The summed E-state index contributed by atoms with van der Waals surface area (Å²) in [4.78, 5) is 29.6. The van der Waals surface area contributed by atoms with Gasteiger partial charge in [-0.25, -0.2) is 22.9 Å². The molecule has 11 heteroatoms. The van der Waals surface area contributed by atoms with Crippen LogP contribution in [-0.2, 0) is 0 Å². The van der Waals surface area contributed by atoms with E-state index in [2.05, 4.69) is 9.72 Å². The summed E-state index contributed by atoms with van der Waals surface area (Å²) in [7, 11) is 0. The Bertz CT molecular complexity index is 1300. The molecule has 1 saturated carbocycles. The molecular weight excluding hydrogens is 417 g/mol. The number of benzene rings is 1. The van der Waals surface area contributed by atoms with Gasteiger partial charge in [0.25, 0.3) is 0 Å². The second-order valence-electron chi connectivity index (χ2n) is 7.63. The highest BCUT2D eigenvalue weighted by Gasteiger charge is 2.54. The molecule has 2 aliphatic rings. The zero-order chi connectivity index (χ0) is 22.0. The standard InChI is InChI=1S/C20H15F3N4O4/c21-8-1-2-14(12(22)3-8)27-7-15(31-20(29)30)17(28)9-4-13(23)19(25-18(9)27)26-5-10-11(6-26)16(10)24/h1-4,7,10-11,16H,5-6,24H2,(H,29,30)/t10-,11+,16+. The van der Waals surface area contributed by atoms with Crippen LogP contribution in [0.3, 0.4) is 0 Å². The third kappa shape index (κ3) is 3.08. The molecule has 0 bridgehead atoms. The summed E-state index contributed by atoms with van der Waals surface area (Å²) in [6.07, 6.45) is -0.846. The third-order valence-electron chi connectivity index (χ3n) is 5.81. The summed E-state index contributed by atoms with van der Waals surface area (Å²) in [6.45, 7) is 0.993. The number of nitrogens with two attached hydrogens (primary N) is 1. The number of pyridine rings is 2. The van der Waals surface area contributed by atoms with Gasteiger partial charge in [0.15, 0.2) is 23.0 Å². The molecule has 1 aliphatic carbocycles. The van der Waals surface area contributed by atoms with Gasteiger partial charge in [0.05, 0.1) is 17.3 Å². The maximum absolute atomic E-state index is 14.9. The Morgan fingerprint density at radius 2 is 1.87 bits per heavy atom. The van der Waals surface area contributed by atoms with Crippen molar-refractivity contribution in [1.82, 2.24) is 9.55 Å². The van der Waals surface area contributed by atoms with Crippen LogP contribution in [0.1, 0.15) is 0 Å². The van der Waals surface area contributed by atoms with Crippen LogP contribution in [0.25, 0.3) is 16.7 Å². The molecule has 0 amide bonds. The molecule has 0 radical (unpaired) electrons. The van der Waals surface area contributed by atoms with Gasteiger partial charge in [-0.2, -0.15) is 0 Å². The van der Waals surface area contributed by atoms with Gasteiger partial charge in [-0.3, -0.25) is 9.36 Å².